The first kappa shape index (κ1) is 21.5. The van der Waals surface area contributed by atoms with E-state index in [-0.39, 0.29) is 12.2 Å². The number of rotatable bonds is 9. The van der Waals surface area contributed by atoms with Gasteiger partial charge in [0.05, 0.1) is 0 Å². The molecule has 1 aliphatic rings. The van der Waals surface area contributed by atoms with Crippen LogP contribution in [0, 0.1) is 0 Å². The Morgan fingerprint density at radius 2 is 1.76 bits per heavy atom. The van der Waals surface area contributed by atoms with Crippen LogP contribution in [-0.2, 0) is 22.6 Å². The summed E-state index contributed by atoms with van der Waals surface area (Å²) in [7, 11) is -1.17. The second kappa shape index (κ2) is 12.8. The van der Waals surface area contributed by atoms with Crippen molar-refractivity contribution in [2.75, 3.05) is 13.1 Å². The standard InChI is InChI=1S/C17H29BN2O2.CO2/c19-17(8-3-4-11-18(21)22)9-5-12-20-13-10-15-6-1-2-7-16(15)14-20;2-1-3/h1-2,6-7,17,21-22H,3-5,8-14,19H2;. The van der Waals surface area contributed by atoms with E-state index in [0.717, 1.165) is 58.2 Å². The molecule has 0 saturated heterocycles. The van der Waals surface area contributed by atoms with Crippen molar-refractivity contribution in [3.63, 3.8) is 0 Å². The number of hydrogen-bond donors (Lipinski definition) is 3. The molecule has 4 N–H and O–H groups in total. The number of fused-ring (bicyclic) bond motifs is 1. The summed E-state index contributed by atoms with van der Waals surface area (Å²) in [6.45, 7) is 3.35. The van der Waals surface area contributed by atoms with Gasteiger partial charge in [-0.1, -0.05) is 37.1 Å². The van der Waals surface area contributed by atoms with E-state index in [9.17, 15) is 0 Å². The first-order chi connectivity index (χ1) is 12.1. The van der Waals surface area contributed by atoms with Gasteiger partial charge in [0.1, 0.15) is 0 Å². The fraction of sp³-hybridized carbons (Fsp3) is 0.611. The van der Waals surface area contributed by atoms with Crippen LogP contribution in [0.5, 0.6) is 0 Å². The Kier molecular flexibility index (Phi) is 11.0. The molecular formula is C18H29BN2O4. The molecule has 7 heteroatoms. The zero-order chi connectivity index (χ0) is 18.5. The number of nitrogens with two attached hydrogens (primary N) is 1. The Labute approximate surface area is 150 Å². The third-order valence-electron chi connectivity index (χ3n) is 4.55. The van der Waals surface area contributed by atoms with Crippen LogP contribution >= 0.6 is 0 Å². The number of carbonyl (C=O) groups excluding carboxylic acids is 2. The molecule has 25 heavy (non-hydrogen) atoms. The second-order valence-electron chi connectivity index (χ2n) is 6.55. The SMILES string of the molecule is NC(CCCCB(O)O)CCCN1CCc2ccccc2C1.O=C=O. The van der Waals surface area contributed by atoms with E-state index in [1.807, 2.05) is 0 Å². The largest absolute Gasteiger partial charge is 0.451 e. The molecule has 0 spiro atoms. The van der Waals surface area contributed by atoms with Gasteiger partial charge < -0.3 is 15.8 Å². The summed E-state index contributed by atoms with van der Waals surface area (Å²) in [6, 6.07) is 8.98. The minimum atomic E-state index is -1.17. The predicted octanol–water partition coefficient (Wildman–Crippen LogP) is 1.21. The monoisotopic (exact) mass is 348 g/mol. The molecule has 0 amide bonds. The summed E-state index contributed by atoms with van der Waals surface area (Å²) in [5.74, 6) is 0. The molecule has 0 radical (unpaired) electrons. The summed E-state index contributed by atoms with van der Waals surface area (Å²) in [5, 5.41) is 17.6. The lowest BCUT2D eigenvalue weighted by Crippen LogP contribution is -2.32. The molecule has 0 bridgehead atoms. The van der Waals surface area contributed by atoms with Crippen molar-refractivity contribution in [2.24, 2.45) is 5.73 Å². The van der Waals surface area contributed by atoms with Crippen LogP contribution in [0.25, 0.3) is 0 Å². The predicted molar refractivity (Wildman–Crippen MR) is 96.5 cm³/mol. The van der Waals surface area contributed by atoms with Crippen LogP contribution in [0.15, 0.2) is 24.3 Å². The Bertz CT molecular complexity index is 522. The van der Waals surface area contributed by atoms with Gasteiger partial charge in [-0.05, 0) is 49.7 Å². The Hall–Kier alpha value is -1.50. The lowest BCUT2D eigenvalue weighted by Gasteiger charge is -2.29. The zero-order valence-electron chi connectivity index (χ0n) is 14.8. The van der Waals surface area contributed by atoms with Crippen LogP contribution in [0.1, 0.15) is 43.2 Å². The topological polar surface area (TPSA) is 104 Å². The number of benzene rings is 1. The molecule has 2 rings (SSSR count). The van der Waals surface area contributed by atoms with Gasteiger partial charge in [0, 0.05) is 19.1 Å². The van der Waals surface area contributed by atoms with E-state index < -0.39 is 7.12 Å². The maximum atomic E-state index is 8.79. The van der Waals surface area contributed by atoms with Gasteiger partial charge in [0.25, 0.3) is 0 Å². The zero-order valence-corrected chi connectivity index (χ0v) is 14.8. The fourth-order valence-electron chi connectivity index (χ4n) is 3.20. The van der Waals surface area contributed by atoms with Crippen LogP contribution in [-0.4, -0.2) is 47.3 Å². The van der Waals surface area contributed by atoms with Gasteiger partial charge in [-0.15, -0.1) is 0 Å². The molecule has 1 aromatic rings. The Morgan fingerprint density at radius 1 is 1.12 bits per heavy atom. The fourth-order valence-corrected chi connectivity index (χ4v) is 3.20. The van der Waals surface area contributed by atoms with E-state index >= 15 is 0 Å². The van der Waals surface area contributed by atoms with E-state index in [1.165, 1.54) is 11.1 Å². The highest BCUT2D eigenvalue weighted by atomic mass is 16.4. The molecule has 0 aromatic heterocycles. The molecule has 138 valence electrons. The van der Waals surface area contributed by atoms with Crippen LogP contribution < -0.4 is 5.73 Å². The minimum absolute atomic E-state index is 0.243. The van der Waals surface area contributed by atoms with E-state index in [1.54, 1.807) is 0 Å². The van der Waals surface area contributed by atoms with Crippen molar-refractivity contribution in [3.05, 3.63) is 35.4 Å². The van der Waals surface area contributed by atoms with Gasteiger partial charge in [0.15, 0.2) is 0 Å². The third-order valence-corrected chi connectivity index (χ3v) is 4.55. The number of hydrogen-bond acceptors (Lipinski definition) is 6. The molecule has 1 heterocycles. The summed E-state index contributed by atoms with van der Waals surface area (Å²) in [5.41, 5.74) is 9.11. The van der Waals surface area contributed by atoms with E-state index in [0.29, 0.717) is 6.32 Å². The van der Waals surface area contributed by atoms with Crippen molar-refractivity contribution in [1.82, 2.24) is 4.90 Å². The molecule has 0 fully saturated rings. The minimum Gasteiger partial charge on any atom is -0.427 e. The third kappa shape index (κ3) is 9.53. The average Bonchev–Trinajstić information content (AvgIpc) is 2.59. The van der Waals surface area contributed by atoms with E-state index in [4.69, 9.17) is 25.4 Å². The highest BCUT2D eigenvalue weighted by Crippen LogP contribution is 2.19. The lowest BCUT2D eigenvalue weighted by atomic mass is 9.83. The molecule has 6 nitrogen and oxygen atoms in total. The Balaban J connectivity index is 0.000000970. The molecule has 0 saturated carbocycles. The van der Waals surface area contributed by atoms with Gasteiger partial charge in [-0.2, -0.15) is 9.59 Å². The summed E-state index contributed by atoms with van der Waals surface area (Å²) in [6.07, 6.45) is 6.87. The first-order valence-corrected chi connectivity index (χ1v) is 8.97. The van der Waals surface area contributed by atoms with Crippen LogP contribution in [0.4, 0.5) is 0 Å². The molecule has 0 aliphatic carbocycles. The Morgan fingerprint density at radius 3 is 2.44 bits per heavy atom. The normalized spacial score (nSPS) is 14.7. The lowest BCUT2D eigenvalue weighted by molar-refractivity contribution is -0.191. The van der Waals surface area contributed by atoms with Crippen molar-refractivity contribution >= 4 is 13.3 Å². The maximum absolute atomic E-state index is 8.79. The molecule has 1 aliphatic heterocycles. The summed E-state index contributed by atoms with van der Waals surface area (Å²) < 4.78 is 0. The highest BCUT2D eigenvalue weighted by Gasteiger charge is 2.15. The van der Waals surface area contributed by atoms with Gasteiger partial charge >= 0.3 is 13.3 Å². The van der Waals surface area contributed by atoms with Crippen LogP contribution in [0.2, 0.25) is 6.32 Å². The molecular weight excluding hydrogens is 319 g/mol. The second-order valence-corrected chi connectivity index (χ2v) is 6.55. The highest BCUT2D eigenvalue weighted by molar-refractivity contribution is 6.40. The van der Waals surface area contributed by atoms with Gasteiger partial charge in [-0.25, -0.2) is 0 Å². The molecule has 1 atom stereocenters. The summed E-state index contributed by atoms with van der Waals surface area (Å²) in [4.78, 5) is 18.8. The average molecular weight is 348 g/mol. The first-order valence-electron chi connectivity index (χ1n) is 8.97. The van der Waals surface area contributed by atoms with Crippen LogP contribution in [0.3, 0.4) is 0 Å². The quantitative estimate of drug-likeness (QED) is 0.458. The number of unbranched alkanes of at least 4 members (excludes halogenated alkanes) is 1. The molecule has 1 aromatic carbocycles. The van der Waals surface area contributed by atoms with Gasteiger partial charge in [-0.3, -0.25) is 4.90 Å². The van der Waals surface area contributed by atoms with Crippen molar-refractivity contribution < 1.29 is 19.6 Å². The molecule has 1 unspecified atom stereocenters. The maximum Gasteiger partial charge on any atom is 0.451 e. The smallest absolute Gasteiger partial charge is 0.427 e. The van der Waals surface area contributed by atoms with Crippen molar-refractivity contribution in [3.8, 4) is 0 Å². The number of nitrogens with zero attached hydrogens (tertiary/aromatic N) is 1. The summed E-state index contributed by atoms with van der Waals surface area (Å²) >= 11 is 0. The van der Waals surface area contributed by atoms with Crippen molar-refractivity contribution in [1.29, 1.82) is 0 Å². The van der Waals surface area contributed by atoms with E-state index in [2.05, 4.69) is 29.2 Å². The van der Waals surface area contributed by atoms with Gasteiger partial charge in [0.2, 0.25) is 0 Å². The van der Waals surface area contributed by atoms with Crippen molar-refractivity contribution in [2.45, 2.75) is 57.4 Å².